The molecule has 1 fully saturated rings. The summed E-state index contributed by atoms with van der Waals surface area (Å²) in [6.07, 6.45) is 6.36. The summed E-state index contributed by atoms with van der Waals surface area (Å²) in [6, 6.07) is 15.2. The van der Waals surface area contributed by atoms with Crippen molar-refractivity contribution in [3.8, 4) is 11.3 Å². The standard InChI is InChI=1S/C29H30Cl2N6O4/c30-20-8-11-24(37-16-26(31)34-35-37)22(14-20)23-15-27(38)36(17-32-23)25(12-18-4-2-1-3-5-18)29(41)33-21-9-6-19(7-10-21)13-28(39)40/h1-5,8,11,14-17,19,21,25,34-35H,6-7,9-10,12-13H2,(H,33,41)(H,39,40)/t19-,21-,25-/m0/s1. The smallest absolute Gasteiger partial charge is 0.303 e. The van der Waals surface area contributed by atoms with Gasteiger partial charge in [-0.15, -0.1) is 5.53 Å². The number of nitrogens with one attached hydrogen (secondary N) is 3. The van der Waals surface area contributed by atoms with E-state index in [4.69, 9.17) is 28.3 Å². The van der Waals surface area contributed by atoms with Crippen LogP contribution in [0.2, 0.25) is 5.02 Å². The third-order valence-electron chi connectivity index (χ3n) is 7.43. The van der Waals surface area contributed by atoms with E-state index in [2.05, 4.69) is 21.3 Å². The topological polar surface area (TPSA) is 129 Å². The molecule has 0 radical (unpaired) electrons. The first kappa shape index (κ1) is 28.7. The highest BCUT2D eigenvalue weighted by Gasteiger charge is 2.29. The van der Waals surface area contributed by atoms with Gasteiger partial charge in [0.05, 0.1) is 23.9 Å². The Hall–Kier alpha value is -3.86. The molecule has 1 saturated carbocycles. The summed E-state index contributed by atoms with van der Waals surface area (Å²) < 4.78 is 1.36. The minimum atomic E-state index is -0.826. The van der Waals surface area contributed by atoms with E-state index in [-0.39, 0.29) is 29.8 Å². The summed E-state index contributed by atoms with van der Waals surface area (Å²) in [7, 11) is 0. The molecule has 2 aromatic carbocycles. The number of carbonyl (C=O) groups is 2. The van der Waals surface area contributed by atoms with Crippen molar-refractivity contribution in [1.29, 1.82) is 0 Å². The summed E-state index contributed by atoms with van der Waals surface area (Å²) in [5.74, 6) is -0.952. The number of hydrogen-bond donors (Lipinski definition) is 4. The Bertz CT molecular complexity index is 1500. The van der Waals surface area contributed by atoms with Gasteiger partial charge in [0.2, 0.25) is 5.91 Å². The van der Waals surface area contributed by atoms with E-state index >= 15 is 0 Å². The van der Waals surface area contributed by atoms with Gasteiger partial charge in [0, 0.05) is 35.5 Å². The number of anilines is 1. The molecule has 0 spiro atoms. The number of halogens is 2. The molecule has 1 aliphatic carbocycles. The summed E-state index contributed by atoms with van der Waals surface area (Å²) in [5, 5.41) is 14.7. The molecule has 2 heterocycles. The maximum absolute atomic E-state index is 13.6. The van der Waals surface area contributed by atoms with E-state index in [0.29, 0.717) is 46.4 Å². The highest BCUT2D eigenvalue weighted by molar-refractivity contribution is 6.31. The molecular weight excluding hydrogens is 567 g/mol. The van der Waals surface area contributed by atoms with Crippen LogP contribution in [-0.4, -0.2) is 32.6 Å². The number of nitrogens with zero attached hydrogens (tertiary/aromatic N) is 3. The third-order valence-corrected chi connectivity index (χ3v) is 7.86. The summed E-state index contributed by atoms with van der Waals surface area (Å²) >= 11 is 12.3. The monoisotopic (exact) mass is 596 g/mol. The Morgan fingerprint density at radius 1 is 1.07 bits per heavy atom. The molecule has 0 unspecified atom stereocenters. The maximum atomic E-state index is 13.6. The Morgan fingerprint density at radius 2 is 1.83 bits per heavy atom. The van der Waals surface area contributed by atoms with Crippen molar-refractivity contribution in [3.05, 3.63) is 93.2 Å². The number of carbonyl (C=O) groups excluding carboxylic acids is 1. The van der Waals surface area contributed by atoms with Crippen molar-refractivity contribution in [2.24, 2.45) is 5.92 Å². The van der Waals surface area contributed by atoms with Crippen LogP contribution in [0.5, 0.6) is 0 Å². The van der Waals surface area contributed by atoms with Crippen molar-refractivity contribution >= 4 is 40.8 Å². The van der Waals surface area contributed by atoms with E-state index in [1.165, 1.54) is 17.0 Å². The summed E-state index contributed by atoms with van der Waals surface area (Å²) in [4.78, 5) is 42.8. The second kappa shape index (κ2) is 12.8. The zero-order chi connectivity index (χ0) is 28.9. The zero-order valence-electron chi connectivity index (χ0n) is 22.1. The minimum Gasteiger partial charge on any atom is -0.481 e. The molecule has 1 atom stereocenters. The van der Waals surface area contributed by atoms with E-state index < -0.39 is 12.0 Å². The SMILES string of the molecule is O=C(O)C[C@H]1CC[C@H](NC(=O)[C@H](Cc2ccccc2)n2cnc(-c3cc(Cl)ccc3N3C=C(Cl)NN3)cc2=O)CC1. The number of amides is 1. The molecule has 3 aromatic rings. The molecule has 4 N–H and O–H groups in total. The molecule has 1 aromatic heterocycles. The Labute approximate surface area is 246 Å². The minimum absolute atomic E-state index is 0.0794. The van der Waals surface area contributed by atoms with Gasteiger partial charge in [-0.3, -0.25) is 29.4 Å². The average Bonchev–Trinajstić information content (AvgIpc) is 3.39. The van der Waals surface area contributed by atoms with E-state index in [1.54, 1.807) is 29.4 Å². The van der Waals surface area contributed by atoms with Gasteiger partial charge in [0.25, 0.3) is 5.56 Å². The lowest BCUT2D eigenvalue weighted by molar-refractivity contribution is -0.138. The maximum Gasteiger partial charge on any atom is 0.303 e. The molecule has 10 nitrogen and oxygen atoms in total. The van der Waals surface area contributed by atoms with Crippen LogP contribution in [0, 0.1) is 5.92 Å². The first-order chi connectivity index (χ1) is 19.8. The Balaban J connectivity index is 1.41. The molecule has 2 aliphatic rings. The van der Waals surface area contributed by atoms with Crippen molar-refractivity contribution in [1.82, 2.24) is 25.8 Å². The van der Waals surface area contributed by atoms with Gasteiger partial charge >= 0.3 is 5.97 Å². The lowest BCUT2D eigenvalue weighted by atomic mass is 9.84. The Morgan fingerprint density at radius 3 is 2.49 bits per heavy atom. The highest BCUT2D eigenvalue weighted by atomic mass is 35.5. The molecule has 1 aliphatic heterocycles. The number of hydrazine groups is 2. The van der Waals surface area contributed by atoms with Gasteiger partial charge in [-0.25, -0.2) is 4.98 Å². The largest absolute Gasteiger partial charge is 0.481 e. The van der Waals surface area contributed by atoms with Crippen LogP contribution in [0.1, 0.15) is 43.7 Å². The van der Waals surface area contributed by atoms with Gasteiger partial charge in [0.1, 0.15) is 11.2 Å². The van der Waals surface area contributed by atoms with E-state index in [1.807, 2.05) is 30.3 Å². The fourth-order valence-corrected chi connectivity index (χ4v) is 5.66. The van der Waals surface area contributed by atoms with Crippen molar-refractivity contribution < 1.29 is 14.7 Å². The molecule has 5 rings (SSSR count). The van der Waals surface area contributed by atoms with E-state index in [0.717, 1.165) is 18.4 Å². The number of carboxylic acids is 1. The second-order valence-electron chi connectivity index (χ2n) is 10.3. The molecular formula is C29H30Cl2N6O4. The summed E-state index contributed by atoms with van der Waals surface area (Å²) in [5.41, 5.74) is 7.87. The second-order valence-corrected chi connectivity index (χ2v) is 11.1. The Kier molecular flexibility index (Phi) is 8.92. The lowest BCUT2D eigenvalue weighted by Gasteiger charge is -2.30. The van der Waals surface area contributed by atoms with Crippen molar-refractivity contribution in [3.63, 3.8) is 0 Å². The van der Waals surface area contributed by atoms with Crippen molar-refractivity contribution in [2.45, 2.75) is 50.6 Å². The molecule has 1 amide bonds. The number of rotatable bonds is 9. The van der Waals surface area contributed by atoms with Crippen LogP contribution >= 0.6 is 23.2 Å². The first-order valence-electron chi connectivity index (χ1n) is 13.4. The predicted molar refractivity (Wildman–Crippen MR) is 157 cm³/mol. The van der Waals surface area contributed by atoms with Gasteiger partial charge < -0.3 is 10.4 Å². The predicted octanol–water partition coefficient (Wildman–Crippen LogP) is 4.36. The first-order valence-corrected chi connectivity index (χ1v) is 14.1. The van der Waals surface area contributed by atoms with Crippen LogP contribution in [-0.2, 0) is 16.0 Å². The number of benzene rings is 2. The zero-order valence-corrected chi connectivity index (χ0v) is 23.6. The van der Waals surface area contributed by atoms with Gasteiger partial charge in [0.15, 0.2) is 0 Å². The number of aliphatic carboxylic acids is 1. The highest BCUT2D eigenvalue weighted by Crippen LogP contribution is 2.33. The summed E-state index contributed by atoms with van der Waals surface area (Å²) in [6.45, 7) is 0. The van der Waals surface area contributed by atoms with Crippen LogP contribution in [0.15, 0.2) is 77.1 Å². The third kappa shape index (κ3) is 7.08. The number of hydrogen-bond acceptors (Lipinski definition) is 7. The fraction of sp³-hybridized carbons (Fsp3) is 0.310. The molecule has 0 saturated heterocycles. The van der Waals surface area contributed by atoms with Gasteiger partial charge in [-0.2, -0.15) is 0 Å². The quantitative estimate of drug-likeness (QED) is 0.268. The van der Waals surface area contributed by atoms with Crippen LogP contribution in [0.3, 0.4) is 0 Å². The molecule has 214 valence electrons. The van der Waals surface area contributed by atoms with Crippen LogP contribution < -0.4 is 26.8 Å². The van der Waals surface area contributed by atoms with Gasteiger partial charge in [-0.1, -0.05) is 53.5 Å². The van der Waals surface area contributed by atoms with Crippen LogP contribution in [0.25, 0.3) is 11.3 Å². The fourth-order valence-electron chi connectivity index (χ4n) is 5.35. The number of aromatic nitrogens is 2. The van der Waals surface area contributed by atoms with Gasteiger partial charge in [-0.05, 0) is 55.4 Å². The van der Waals surface area contributed by atoms with E-state index in [9.17, 15) is 14.4 Å². The normalized spacial score (nSPS) is 19.3. The van der Waals surface area contributed by atoms with Crippen molar-refractivity contribution in [2.75, 3.05) is 5.01 Å². The molecule has 0 bridgehead atoms. The lowest BCUT2D eigenvalue weighted by Crippen LogP contribution is -2.44. The average molecular weight is 598 g/mol. The molecule has 12 heteroatoms. The number of carboxylic acid groups (broad SMARTS) is 1. The van der Waals surface area contributed by atoms with Crippen LogP contribution in [0.4, 0.5) is 5.69 Å². The molecule has 41 heavy (non-hydrogen) atoms.